The molecule has 0 aliphatic heterocycles. The van der Waals surface area contributed by atoms with Crippen LogP contribution in [0.3, 0.4) is 0 Å². The molecule has 1 aromatic carbocycles. The molecule has 21 heavy (non-hydrogen) atoms. The van der Waals surface area contributed by atoms with Crippen LogP contribution in [0.5, 0.6) is 0 Å². The fourth-order valence-corrected chi connectivity index (χ4v) is 2.92. The Hall–Kier alpha value is -1.63. The van der Waals surface area contributed by atoms with Gasteiger partial charge in [-0.3, -0.25) is 4.79 Å². The highest BCUT2D eigenvalue weighted by molar-refractivity contribution is 6.04. The van der Waals surface area contributed by atoms with Crippen LogP contribution in [0.1, 0.15) is 57.9 Å². The first-order chi connectivity index (χ1) is 10.2. The second kappa shape index (κ2) is 7.97. The average molecular weight is 282 g/mol. The van der Waals surface area contributed by atoms with Crippen molar-refractivity contribution >= 4 is 11.9 Å². The summed E-state index contributed by atoms with van der Waals surface area (Å²) in [5.41, 5.74) is 3.32. The van der Waals surface area contributed by atoms with Crippen LogP contribution in [-0.2, 0) is 4.79 Å². The van der Waals surface area contributed by atoms with Crippen molar-refractivity contribution in [2.24, 2.45) is 5.92 Å². The third-order valence-corrected chi connectivity index (χ3v) is 4.05. The molecular formula is C20H26O. The maximum absolute atomic E-state index is 12.4. The predicted molar refractivity (Wildman–Crippen MR) is 90.0 cm³/mol. The van der Waals surface area contributed by atoms with Crippen LogP contribution in [0, 0.1) is 5.92 Å². The molecule has 1 aromatic rings. The van der Waals surface area contributed by atoms with E-state index in [1.165, 1.54) is 31.3 Å². The van der Waals surface area contributed by atoms with E-state index >= 15 is 0 Å². The summed E-state index contributed by atoms with van der Waals surface area (Å²) in [6.07, 6.45) is 11.0. The Kier molecular flexibility index (Phi) is 5.98. The fraction of sp³-hybridized carbons (Fsp3) is 0.450. The van der Waals surface area contributed by atoms with Gasteiger partial charge < -0.3 is 0 Å². The van der Waals surface area contributed by atoms with E-state index in [1.807, 2.05) is 18.2 Å². The summed E-state index contributed by atoms with van der Waals surface area (Å²) in [6, 6.07) is 10.2. The molecule has 1 heteroatoms. The molecule has 1 nitrogen and oxygen atoms in total. The second-order valence-corrected chi connectivity index (χ2v) is 6.08. The van der Waals surface area contributed by atoms with Crippen LogP contribution in [0.15, 0.2) is 47.6 Å². The van der Waals surface area contributed by atoms with Gasteiger partial charge in [-0.15, -0.1) is 0 Å². The topological polar surface area (TPSA) is 17.1 Å². The minimum absolute atomic E-state index is 0.305. The van der Waals surface area contributed by atoms with Gasteiger partial charge in [0.25, 0.3) is 0 Å². The van der Waals surface area contributed by atoms with Crippen molar-refractivity contribution < 1.29 is 4.79 Å². The number of carbonyl (C=O) groups excluding carboxylic acids is 1. The Morgan fingerprint density at radius 3 is 2.62 bits per heavy atom. The van der Waals surface area contributed by atoms with Crippen LogP contribution >= 0.6 is 0 Å². The van der Waals surface area contributed by atoms with Gasteiger partial charge in [0.1, 0.15) is 0 Å². The Morgan fingerprint density at radius 2 is 1.90 bits per heavy atom. The van der Waals surface area contributed by atoms with Crippen LogP contribution in [0.2, 0.25) is 0 Å². The Labute approximate surface area is 128 Å². The lowest BCUT2D eigenvalue weighted by Gasteiger charge is -2.20. The van der Waals surface area contributed by atoms with Crippen molar-refractivity contribution in [2.75, 3.05) is 0 Å². The molecule has 1 unspecified atom stereocenters. The lowest BCUT2D eigenvalue weighted by atomic mass is 9.83. The summed E-state index contributed by atoms with van der Waals surface area (Å²) < 4.78 is 0. The number of hydrogen-bond donors (Lipinski definition) is 0. The molecule has 0 heterocycles. The second-order valence-electron chi connectivity index (χ2n) is 6.08. The quantitative estimate of drug-likeness (QED) is 0.492. The molecule has 0 N–H and O–H groups in total. The third kappa shape index (κ3) is 4.70. The van der Waals surface area contributed by atoms with E-state index < -0.39 is 0 Å². The van der Waals surface area contributed by atoms with E-state index in [0.29, 0.717) is 18.1 Å². The van der Waals surface area contributed by atoms with Crippen LogP contribution in [0.25, 0.3) is 6.08 Å². The highest BCUT2D eigenvalue weighted by atomic mass is 16.1. The number of carbonyl (C=O) groups is 1. The van der Waals surface area contributed by atoms with E-state index in [1.54, 1.807) is 0 Å². The first kappa shape index (κ1) is 15.8. The van der Waals surface area contributed by atoms with Crippen molar-refractivity contribution in [3.63, 3.8) is 0 Å². The van der Waals surface area contributed by atoms with Crippen molar-refractivity contribution in [2.45, 2.75) is 52.4 Å². The number of Topliss-reactive ketones (excluding diaryl/α,β-unsaturated/α-hetero) is 1. The van der Waals surface area contributed by atoms with E-state index in [0.717, 1.165) is 17.6 Å². The van der Waals surface area contributed by atoms with E-state index in [9.17, 15) is 4.79 Å². The molecule has 1 aliphatic rings. The van der Waals surface area contributed by atoms with Gasteiger partial charge in [0.05, 0.1) is 0 Å². The lowest BCUT2D eigenvalue weighted by molar-refractivity contribution is -0.116. The Balaban J connectivity index is 2.16. The van der Waals surface area contributed by atoms with Crippen molar-refractivity contribution in [1.29, 1.82) is 0 Å². The highest BCUT2D eigenvalue weighted by Crippen LogP contribution is 2.30. The monoisotopic (exact) mass is 282 g/mol. The summed E-state index contributed by atoms with van der Waals surface area (Å²) in [4.78, 5) is 12.4. The first-order valence-corrected chi connectivity index (χ1v) is 8.21. The molecule has 0 saturated heterocycles. The van der Waals surface area contributed by atoms with Gasteiger partial charge in [-0.25, -0.2) is 0 Å². The zero-order valence-corrected chi connectivity index (χ0v) is 13.3. The van der Waals surface area contributed by atoms with E-state index in [4.69, 9.17) is 0 Å². The molecule has 112 valence electrons. The first-order valence-electron chi connectivity index (χ1n) is 8.21. The number of rotatable bonds is 6. The molecular weight excluding hydrogens is 256 g/mol. The minimum atomic E-state index is 0.305. The third-order valence-electron chi connectivity index (χ3n) is 4.05. The van der Waals surface area contributed by atoms with Crippen molar-refractivity contribution in [3.8, 4) is 0 Å². The largest absolute Gasteiger partial charge is 0.294 e. The highest BCUT2D eigenvalue weighted by Gasteiger charge is 2.22. The van der Waals surface area contributed by atoms with Crippen molar-refractivity contribution in [1.82, 2.24) is 0 Å². The molecule has 0 aromatic heterocycles. The Bertz CT molecular complexity index is 522. The van der Waals surface area contributed by atoms with Gasteiger partial charge in [0.15, 0.2) is 5.78 Å². The van der Waals surface area contributed by atoms with Gasteiger partial charge in [-0.2, -0.15) is 0 Å². The van der Waals surface area contributed by atoms with Gasteiger partial charge >= 0.3 is 0 Å². The predicted octanol–water partition coefficient (Wildman–Crippen LogP) is 5.58. The number of ketones is 1. The smallest absolute Gasteiger partial charge is 0.163 e. The maximum atomic E-state index is 12.4. The van der Waals surface area contributed by atoms with Crippen molar-refractivity contribution in [3.05, 3.63) is 53.1 Å². The molecule has 0 bridgehead atoms. The molecule has 2 rings (SSSR count). The van der Waals surface area contributed by atoms with Gasteiger partial charge in [-0.05, 0) is 36.0 Å². The number of unbranched alkanes of at least 4 members (excludes halogenated alkanes) is 3. The standard InChI is InChI=1S/C20H26O/c1-3-4-5-9-12-18-13-16(2)14-20(21)19(18)15-17-10-7-6-8-11-17/h6-8,10-11,13,15-16H,3-5,9,12,14H2,1-2H3. The summed E-state index contributed by atoms with van der Waals surface area (Å²) in [7, 11) is 0. The zero-order valence-electron chi connectivity index (χ0n) is 13.3. The maximum Gasteiger partial charge on any atom is 0.163 e. The summed E-state index contributed by atoms with van der Waals surface area (Å²) in [5, 5.41) is 0. The normalized spacial score (nSPS) is 20.7. The van der Waals surface area contributed by atoms with E-state index in [2.05, 4.69) is 38.1 Å². The van der Waals surface area contributed by atoms with Gasteiger partial charge in [0, 0.05) is 12.0 Å². The zero-order chi connectivity index (χ0) is 15.1. The van der Waals surface area contributed by atoms with Gasteiger partial charge in [0.2, 0.25) is 0 Å². The number of allylic oxidation sites excluding steroid dienone is 3. The molecule has 0 radical (unpaired) electrons. The molecule has 0 amide bonds. The fourth-order valence-electron chi connectivity index (χ4n) is 2.92. The SMILES string of the molecule is CCCCCCC1=CC(C)CC(=O)C1=Cc1ccccc1. The summed E-state index contributed by atoms with van der Waals surface area (Å²) >= 11 is 0. The average Bonchev–Trinajstić information content (AvgIpc) is 2.48. The minimum Gasteiger partial charge on any atom is -0.294 e. The number of benzene rings is 1. The van der Waals surface area contributed by atoms with E-state index in [-0.39, 0.29) is 0 Å². The molecule has 0 fully saturated rings. The van der Waals surface area contributed by atoms with Crippen LogP contribution in [0.4, 0.5) is 0 Å². The summed E-state index contributed by atoms with van der Waals surface area (Å²) in [5.74, 6) is 0.686. The molecule has 1 atom stereocenters. The Morgan fingerprint density at radius 1 is 1.14 bits per heavy atom. The van der Waals surface area contributed by atoms with Gasteiger partial charge in [-0.1, -0.05) is 69.5 Å². The summed E-state index contributed by atoms with van der Waals surface area (Å²) in [6.45, 7) is 4.37. The van der Waals surface area contributed by atoms with Crippen LogP contribution in [-0.4, -0.2) is 5.78 Å². The molecule has 0 spiro atoms. The van der Waals surface area contributed by atoms with Crippen LogP contribution < -0.4 is 0 Å². The lowest BCUT2D eigenvalue weighted by Crippen LogP contribution is -2.15. The number of hydrogen-bond acceptors (Lipinski definition) is 1. The molecule has 0 saturated carbocycles. The molecule has 1 aliphatic carbocycles.